The number of methoxy groups -OCH3 is 1. The van der Waals surface area contributed by atoms with Crippen LogP contribution in [0.4, 0.5) is 17.1 Å². The first-order valence-electron chi connectivity index (χ1n) is 7.88. The molecule has 152 valence electrons. The molecule has 3 aromatic carbocycles. The molecule has 0 spiro atoms. The lowest BCUT2D eigenvalue weighted by Crippen LogP contribution is -2.03. The van der Waals surface area contributed by atoms with Crippen LogP contribution in [0, 0.1) is 0 Å². The molecular formula is C17H15N3O7S2. The van der Waals surface area contributed by atoms with Crippen molar-refractivity contribution in [2.75, 3.05) is 12.8 Å². The Bertz CT molecular complexity index is 1350. The lowest BCUT2D eigenvalue weighted by molar-refractivity contribution is 0.417. The molecule has 4 N–H and O–H groups in total. The maximum Gasteiger partial charge on any atom is 0.295 e. The summed E-state index contributed by atoms with van der Waals surface area (Å²) in [6.45, 7) is 0. The van der Waals surface area contributed by atoms with Crippen LogP contribution < -0.4 is 10.5 Å². The molecule has 0 aromatic heterocycles. The second-order valence-corrected chi connectivity index (χ2v) is 8.65. The molecule has 0 radical (unpaired) electrons. The van der Waals surface area contributed by atoms with Gasteiger partial charge in [-0.2, -0.15) is 27.1 Å². The molecule has 0 saturated carbocycles. The third-order valence-corrected chi connectivity index (χ3v) is 5.76. The van der Waals surface area contributed by atoms with E-state index in [0.29, 0.717) is 17.1 Å². The van der Waals surface area contributed by atoms with Crippen LogP contribution in [-0.2, 0) is 20.2 Å². The molecule has 12 heteroatoms. The lowest BCUT2D eigenvalue weighted by Gasteiger charge is -2.09. The van der Waals surface area contributed by atoms with Crippen LogP contribution in [-0.4, -0.2) is 33.1 Å². The summed E-state index contributed by atoms with van der Waals surface area (Å²) in [6, 6.07) is 10.4. The van der Waals surface area contributed by atoms with Gasteiger partial charge in [0.25, 0.3) is 20.2 Å². The van der Waals surface area contributed by atoms with Gasteiger partial charge in [-0.1, -0.05) is 12.1 Å². The summed E-state index contributed by atoms with van der Waals surface area (Å²) >= 11 is 0. The van der Waals surface area contributed by atoms with Gasteiger partial charge in [0.2, 0.25) is 0 Å². The number of nitrogens with two attached hydrogens (primary N) is 1. The van der Waals surface area contributed by atoms with E-state index >= 15 is 0 Å². The zero-order chi connectivity index (χ0) is 21.4. The van der Waals surface area contributed by atoms with Crippen LogP contribution in [0.25, 0.3) is 10.8 Å². The molecule has 3 aromatic rings. The van der Waals surface area contributed by atoms with Crippen molar-refractivity contribution in [1.29, 1.82) is 0 Å². The normalized spacial score (nSPS) is 12.5. The number of nitrogens with zero attached hydrogens (tertiary/aromatic N) is 2. The Morgan fingerprint density at radius 1 is 0.828 bits per heavy atom. The van der Waals surface area contributed by atoms with E-state index in [1.807, 2.05) is 0 Å². The smallest absolute Gasteiger partial charge is 0.295 e. The molecule has 0 heterocycles. The summed E-state index contributed by atoms with van der Waals surface area (Å²) in [5, 5.41) is 7.61. The van der Waals surface area contributed by atoms with Gasteiger partial charge >= 0.3 is 0 Å². The van der Waals surface area contributed by atoms with Crippen LogP contribution >= 0.6 is 0 Å². The molecule has 10 nitrogen and oxygen atoms in total. The summed E-state index contributed by atoms with van der Waals surface area (Å²) in [4.78, 5) is -1.12. The summed E-state index contributed by atoms with van der Waals surface area (Å²) in [5.74, 6) is 0.354. The fourth-order valence-corrected chi connectivity index (χ4v) is 4.11. The third-order valence-electron chi connectivity index (χ3n) is 3.96. The van der Waals surface area contributed by atoms with Crippen molar-refractivity contribution < 1.29 is 30.7 Å². The van der Waals surface area contributed by atoms with Gasteiger partial charge in [0.15, 0.2) is 0 Å². The minimum absolute atomic E-state index is 0.0722. The van der Waals surface area contributed by atoms with Gasteiger partial charge in [-0.25, -0.2) is 0 Å². The molecule has 0 saturated heterocycles. The monoisotopic (exact) mass is 437 g/mol. The van der Waals surface area contributed by atoms with Crippen LogP contribution in [0.1, 0.15) is 0 Å². The maximum absolute atomic E-state index is 11.8. The Kier molecular flexibility index (Phi) is 5.28. The Hall–Kier alpha value is -3.06. The van der Waals surface area contributed by atoms with Crippen molar-refractivity contribution in [2.45, 2.75) is 9.79 Å². The van der Waals surface area contributed by atoms with E-state index in [9.17, 15) is 25.9 Å². The Labute approximate surface area is 166 Å². The molecule has 0 aliphatic heterocycles. The van der Waals surface area contributed by atoms with Crippen LogP contribution in [0.15, 0.2) is 68.6 Å². The number of ether oxygens (including phenoxy) is 1. The minimum atomic E-state index is -4.73. The van der Waals surface area contributed by atoms with E-state index in [2.05, 4.69) is 10.2 Å². The van der Waals surface area contributed by atoms with Gasteiger partial charge in [-0.05, 0) is 30.3 Å². The standard InChI is InChI=1S/C17H15N3O7S2/c1-27-15-8-10(5-6-14(15)18)19-20-11-7-13-12(17(9-11)29(24,25)26)3-2-4-16(13)28(21,22)23/h2-9H,18H2,1H3,(H,21,22,23)(H,24,25,26). The van der Waals surface area contributed by atoms with Crippen molar-refractivity contribution in [3.63, 3.8) is 0 Å². The fraction of sp³-hybridized carbons (Fsp3) is 0.0588. The molecule has 0 unspecified atom stereocenters. The van der Waals surface area contributed by atoms with Gasteiger partial charge in [0.05, 0.1) is 24.2 Å². The lowest BCUT2D eigenvalue weighted by atomic mass is 10.1. The Morgan fingerprint density at radius 2 is 1.48 bits per heavy atom. The van der Waals surface area contributed by atoms with Crippen LogP contribution in [0.3, 0.4) is 0 Å². The average Bonchev–Trinajstić information content (AvgIpc) is 2.64. The van der Waals surface area contributed by atoms with Gasteiger partial charge in [0, 0.05) is 16.8 Å². The van der Waals surface area contributed by atoms with Gasteiger partial charge in [-0.15, -0.1) is 0 Å². The second kappa shape index (κ2) is 7.40. The minimum Gasteiger partial charge on any atom is -0.495 e. The van der Waals surface area contributed by atoms with Crippen molar-refractivity contribution >= 4 is 48.1 Å². The van der Waals surface area contributed by atoms with Crippen molar-refractivity contribution in [3.8, 4) is 5.75 Å². The quantitative estimate of drug-likeness (QED) is 0.310. The second-order valence-electron chi connectivity index (χ2n) is 5.87. The van der Waals surface area contributed by atoms with E-state index in [0.717, 1.165) is 12.1 Å². The molecule has 29 heavy (non-hydrogen) atoms. The van der Waals surface area contributed by atoms with E-state index in [4.69, 9.17) is 10.5 Å². The summed E-state index contributed by atoms with van der Waals surface area (Å²) in [7, 11) is -7.97. The number of nitrogen functional groups attached to an aromatic ring is 1. The SMILES string of the molecule is COc1cc(N=Nc2cc(S(=O)(=O)O)c3cccc(S(=O)(=O)O)c3c2)ccc1N. The first-order valence-corrected chi connectivity index (χ1v) is 10.8. The highest BCUT2D eigenvalue weighted by molar-refractivity contribution is 7.86. The number of hydrogen-bond acceptors (Lipinski definition) is 8. The summed E-state index contributed by atoms with van der Waals surface area (Å²) in [5.41, 5.74) is 6.35. The number of fused-ring (bicyclic) bond motifs is 1. The number of rotatable bonds is 5. The van der Waals surface area contributed by atoms with Crippen LogP contribution in [0.2, 0.25) is 0 Å². The highest BCUT2D eigenvalue weighted by Crippen LogP contribution is 2.34. The zero-order valence-corrected chi connectivity index (χ0v) is 16.5. The molecule has 3 rings (SSSR count). The Balaban J connectivity index is 2.23. The molecule has 0 aliphatic carbocycles. The predicted octanol–water partition coefficient (Wildman–Crippen LogP) is 3.34. The fourth-order valence-electron chi connectivity index (χ4n) is 2.68. The molecule has 0 bridgehead atoms. The van der Waals surface area contributed by atoms with Gasteiger partial charge in [0.1, 0.15) is 15.5 Å². The Morgan fingerprint density at radius 3 is 2.10 bits per heavy atom. The first-order chi connectivity index (χ1) is 13.5. The zero-order valence-electron chi connectivity index (χ0n) is 14.8. The highest BCUT2D eigenvalue weighted by atomic mass is 32.2. The molecule has 0 fully saturated rings. The van der Waals surface area contributed by atoms with Crippen molar-refractivity contribution in [3.05, 3.63) is 48.5 Å². The molecule has 0 atom stereocenters. The van der Waals surface area contributed by atoms with Crippen molar-refractivity contribution in [2.24, 2.45) is 10.2 Å². The maximum atomic E-state index is 11.8. The number of azo groups is 1. The van der Waals surface area contributed by atoms with E-state index in [1.165, 1.54) is 43.5 Å². The van der Waals surface area contributed by atoms with Crippen molar-refractivity contribution in [1.82, 2.24) is 0 Å². The predicted molar refractivity (Wildman–Crippen MR) is 105 cm³/mol. The van der Waals surface area contributed by atoms with E-state index in [-0.39, 0.29) is 16.5 Å². The molecule has 0 aliphatic rings. The molecular weight excluding hydrogens is 422 g/mol. The number of hydrogen-bond donors (Lipinski definition) is 3. The summed E-state index contributed by atoms with van der Waals surface area (Å²) < 4.78 is 71.0. The van der Waals surface area contributed by atoms with Crippen LogP contribution in [0.5, 0.6) is 5.75 Å². The summed E-state index contributed by atoms with van der Waals surface area (Å²) in [6.07, 6.45) is 0. The number of anilines is 1. The van der Waals surface area contributed by atoms with Gasteiger partial charge < -0.3 is 10.5 Å². The first kappa shape index (κ1) is 20.7. The molecule has 0 amide bonds. The highest BCUT2D eigenvalue weighted by Gasteiger charge is 2.21. The van der Waals surface area contributed by atoms with Gasteiger partial charge in [-0.3, -0.25) is 9.11 Å². The van der Waals surface area contributed by atoms with E-state index < -0.39 is 30.0 Å². The topological polar surface area (TPSA) is 169 Å². The average molecular weight is 437 g/mol. The van der Waals surface area contributed by atoms with E-state index in [1.54, 1.807) is 0 Å². The largest absolute Gasteiger partial charge is 0.495 e. The number of benzene rings is 3. The third kappa shape index (κ3) is 4.35.